The highest BCUT2D eigenvalue weighted by atomic mass is 16.6. The molecule has 7 heteroatoms. The van der Waals surface area contributed by atoms with Crippen LogP contribution in [0.25, 0.3) is 0 Å². The Morgan fingerprint density at radius 3 is 2.46 bits per heavy atom. The fourth-order valence-electron chi connectivity index (χ4n) is 3.86. The number of nitro benzene ring substituents is 1. The highest BCUT2D eigenvalue weighted by Crippen LogP contribution is 2.32. The molecule has 1 aliphatic carbocycles. The quantitative estimate of drug-likeness (QED) is 0.635. The van der Waals surface area contributed by atoms with Crippen LogP contribution in [0.3, 0.4) is 0 Å². The van der Waals surface area contributed by atoms with Gasteiger partial charge in [-0.05, 0) is 56.6 Å². The second-order valence-corrected chi connectivity index (χ2v) is 7.72. The lowest BCUT2D eigenvalue weighted by molar-refractivity contribution is -0.384. The number of nitrogens with two attached hydrogens (primary N) is 1. The summed E-state index contributed by atoms with van der Waals surface area (Å²) in [6.07, 6.45) is 5.58. The number of hydrogen-bond acceptors (Lipinski definition) is 5. The van der Waals surface area contributed by atoms with Gasteiger partial charge in [-0.2, -0.15) is 0 Å². The highest BCUT2D eigenvalue weighted by molar-refractivity contribution is 5.96. The van der Waals surface area contributed by atoms with Gasteiger partial charge in [0.1, 0.15) is 5.69 Å². The summed E-state index contributed by atoms with van der Waals surface area (Å²) in [7, 11) is 0. The Labute approximate surface area is 154 Å². The monoisotopic (exact) mass is 360 g/mol. The molecule has 1 aromatic carbocycles. The third-order valence-electron chi connectivity index (χ3n) is 5.67. The van der Waals surface area contributed by atoms with E-state index in [2.05, 4.69) is 17.1 Å². The lowest BCUT2D eigenvalue weighted by atomic mass is 9.91. The van der Waals surface area contributed by atoms with Crippen molar-refractivity contribution in [3.05, 3.63) is 33.9 Å². The van der Waals surface area contributed by atoms with Crippen LogP contribution in [0.15, 0.2) is 18.2 Å². The molecule has 0 spiro atoms. The minimum Gasteiger partial charge on any atom is -0.366 e. The maximum Gasteiger partial charge on any atom is 0.293 e. The van der Waals surface area contributed by atoms with Crippen LogP contribution in [0.1, 0.15) is 55.8 Å². The Morgan fingerprint density at radius 2 is 1.85 bits per heavy atom. The van der Waals surface area contributed by atoms with E-state index in [-0.39, 0.29) is 28.6 Å². The van der Waals surface area contributed by atoms with Crippen LogP contribution in [0.2, 0.25) is 0 Å². The molecule has 0 atom stereocenters. The lowest BCUT2D eigenvalue weighted by Gasteiger charge is -2.31. The van der Waals surface area contributed by atoms with Crippen LogP contribution in [-0.2, 0) is 0 Å². The number of nitrogens with one attached hydrogen (secondary N) is 1. The Morgan fingerprint density at radius 1 is 1.19 bits per heavy atom. The summed E-state index contributed by atoms with van der Waals surface area (Å²) in [4.78, 5) is 25.8. The molecule has 2 aliphatic rings. The zero-order valence-corrected chi connectivity index (χ0v) is 15.3. The molecule has 7 nitrogen and oxygen atoms in total. The first-order valence-electron chi connectivity index (χ1n) is 9.54. The number of piperidine rings is 1. The molecular formula is C19H28N4O3. The van der Waals surface area contributed by atoms with Crippen molar-refractivity contribution in [1.82, 2.24) is 5.32 Å². The van der Waals surface area contributed by atoms with Gasteiger partial charge in [0.15, 0.2) is 0 Å². The first-order valence-corrected chi connectivity index (χ1v) is 9.54. The molecule has 142 valence electrons. The summed E-state index contributed by atoms with van der Waals surface area (Å²) in [6.45, 7) is 3.84. The van der Waals surface area contributed by atoms with Gasteiger partial charge in [-0.15, -0.1) is 0 Å². The number of benzene rings is 1. The minimum absolute atomic E-state index is 0.0119. The van der Waals surface area contributed by atoms with E-state index >= 15 is 0 Å². The van der Waals surface area contributed by atoms with E-state index < -0.39 is 0 Å². The fourth-order valence-corrected chi connectivity index (χ4v) is 3.86. The maximum absolute atomic E-state index is 12.5. The second-order valence-electron chi connectivity index (χ2n) is 7.72. The van der Waals surface area contributed by atoms with Gasteiger partial charge >= 0.3 is 0 Å². The molecule has 1 saturated carbocycles. The Kier molecular flexibility index (Phi) is 5.76. The van der Waals surface area contributed by atoms with E-state index in [4.69, 9.17) is 5.73 Å². The summed E-state index contributed by atoms with van der Waals surface area (Å²) < 4.78 is 0. The first-order chi connectivity index (χ1) is 12.4. The molecule has 3 rings (SSSR count). The maximum atomic E-state index is 12.5. The van der Waals surface area contributed by atoms with E-state index in [1.807, 2.05) is 0 Å². The van der Waals surface area contributed by atoms with Gasteiger partial charge in [-0.1, -0.05) is 6.92 Å². The zero-order chi connectivity index (χ0) is 18.7. The van der Waals surface area contributed by atoms with Crippen molar-refractivity contribution in [2.75, 3.05) is 18.0 Å². The zero-order valence-electron chi connectivity index (χ0n) is 15.3. The summed E-state index contributed by atoms with van der Waals surface area (Å²) in [6, 6.07) is 5.15. The third-order valence-corrected chi connectivity index (χ3v) is 5.67. The highest BCUT2D eigenvalue weighted by Gasteiger charge is 2.26. The van der Waals surface area contributed by atoms with E-state index in [1.54, 1.807) is 12.1 Å². The van der Waals surface area contributed by atoms with Gasteiger partial charge in [0.25, 0.3) is 11.6 Å². The Bertz CT molecular complexity index is 663. The molecule has 2 fully saturated rings. The predicted octanol–water partition coefficient (Wildman–Crippen LogP) is 2.83. The van der Waals surface area contributed by atoms with Gasteiger partial charge in [0, 0.05) is 36.8 Å². The molecule has 3 N–H and O–H groups in total. The number of amides is 1. The summed E-state index contributed by atoms with van der Waals surface area (Å²) in [5, 5.41) is 14.6. The van der Waals surface area contributed by atoms with Crippen LogP contribution in [-0.4, -0.2) is 36.0 Å². The number of nitro groups is 1. The van der Waals surface area contributed by atoms with Crippen molar-refractivity contribution in [2.45, 2.75) is 57.5 Å². The van der Waals surface area contributed by atoms with E-state index in [0.29, 0.717) is 17.2 Å². The Balaban J connectivity index is 1.73. The van der Waals surface area contributed by atoms with Crippen molar-refractivity contribution in [2.24, 2.45) is 11.7 Å². The second kappa shape index (κ2) is 8.03. The van der Waals surface area contributed by atoms with Crippen molar-refractivity contribution in [3.63, 3.8) is 0 Å². The number of nitrogens with zero attached hydrogens (tertiary/aromatic N) is 2. The topological polar surface area (TPSA) is 102 Å². The van der Waals surface area contributed by atoms with Gasteiger partial charge in [0.05, 0.1) is 4.92 Å². The third kappa shape index (κ3) is 4.33. The molecule has 0 unspecified atom stereocenters. The molecular weight excluding hydrogens is 332 g/mol. The lowest BCUT2D eigenvalue weighted by Crippen LogP contribution is -2.40. The van der Waals surface area contributed by atoms with E-state index in [9.17, 15) is 14.9 Å². The van der Waals surface area contributed by atoms with Crippen molar-refractivity contribution in [3.8, 4) is 0 Å². The van der Waals surface area contributed by atoms with Crippen LogP contribution in [0.4, 0.5) is 11.4 Å². The van der Waals surface area contributed by atoms with Crippen molar-refractivity contribution >= 4 is 17.3 Å². The average Bonchev–Trinajstić information content (AvgIpc) is 2.63. The van der Waals surface area contributed by atoms with Gasteiger partial charge in [-0.3, -0.25) is 14.9 Å². The molecule has 1 aromatic rings. The molecule has 1 aliphatic heterocycles. The number of anilines is 1. The number of carbonyl (C=O) groups is 1. The predicted molar refractivity (Wildman–Crippen MR) is 101 cm³/mol. The average molecular weight is 360 g/mol. The summed E-state index contributed by atoms with van der Waals surface area (Å²) >= 11 is 0. The molecule has 1 amide bonds. The number of carbonyl (C=O) groups excluding carboxylic acids is 1. The molecule has 0 aromatic heterocycles. The van der Waals surface area contributed by atoms with E-state index in [0.717, 1.165) is 51.6 Å². The van der Waals surface area contributed by atoms with Crippen molar-refractivity contribution in [1.29, 1.82) is 0 Å². The number of rotatable bonds is 4. The minimum atomic E-state index is -0.385. The molecule has 1 heterocycles. The fraction of sp³-hybridized carbons (Fsp3) is 0.632. The molecule has 0 radical (unpaired) electrons. The van der Waals surface area contributed by atoms with Crippen molar-refractivity contribution < 1.29 is 9.72 Å². The normalized spacial score (nSPS) is 24.3. The largest absolute Gasteiger partial charge is 0.366 e. The van der Waals surface area contributed by atoms with E-state index in [1.165, 1.54) is 6.07 Å². The summed E-state index contributed by atoms with van der Waals surface area (Å²) in [5.74, 6) is 0.409. The van der Waals surface area contributed by atoms with Gasteiger partial charge < -0.3 is 16.0 Å². The number of hydrogen-bond donors (Lipinski definition) is 2. The van der Waals surface area contributed by atoms with Gasteiger partial charge in [-0.25, -0.2) is 0 Å². The molecule has 26 heavy (non-hydrogen) atoms. The first kappa shape index (κ1) is 18.6. The molecule has 1 saturated heterocycles. The smallest absolute Gasteiger partial charge is 0.293 e. The van der Waals surface area contributed by atoms with Crippen LogP contribution in [0.5, 0.6) is 0 Å². The SMILES string of the molecule is CC1CCN(c2ccc(C(=O)NC3CCC(N)CC3)cc2[N+](=O)[O-])CC1. The standard InChI is InChI=1S/C19H28N4O3/c1-13-8-10-22(11-9-13)17-7-2-14(12-18(17)23(25)26)19(24)21-16-5-3-15(20)4-6-16/h2,7,12-13,15-16H,3-6,8-11,20H2,1H3,(H,21,24). The van der Waals surface area contributed by atoms with Gasteiger partial charge in [0.2, 0.25) is 0 Å². The Hall–Kier alpha value is -2.15. The van der Waals surface area contributed by atoms with Crippen LogP contribution < -0.4 is 16.0 Å². The summed E-state index contributed by atoms with van der Waals surface area (Å²) in [5.41, 5.74) is 6.87. The van der Waals surface area contributed by atoms with Crippen LogP contribution >= 0.6 is 0 Å². The molecule has 0 bridgehead atoms. The van der Waals surface area contributed by atoms with Crippen LogP contribution in [0, 0.1) is 16.0 Å².